The first kappa shape index (κ1) is 26.9. The highest BCUT2D eigenvalue weighted by molar-refractivity contribution is 6.04. The normalized spacial score (nSPS) is 11.8. The lowest BCUT2D eigenvalue weighted by Gasteiger charge is -2.18. The molecule has 8 nitrogen and oxygen atoms in total. The molecule has 4 rings (SSSR count). The number of aromatic nitrogens is 4. The number of hydrogen-bond acceptors (Lipinski definition) is 6. The van der Waals surface area contributed by atoms with E-state index in [1.54, 1.807) is 30.3 Å². The van der Waals surface area contributed by atoms with Gasteiger partial charge < -0.3 is 15.2 Å². The van der Waals surface area contributed by atoms with Crippen LogP contribution in [-0.4, -0.2) is 56.9 Å². The van der Waals surface area contributed by atoms with E-state index in [1.165, 1.54) is 13.0 Å². The van der Waals surface area contributed by atoms with E-state index in [0.717, 1.165) is 25.2 Å². The van der Waals surface area contributed by atoms with Gasteiger partial charge in [-0.3, -0.25) is 9.59 Å². The molecule has 3 aromatic heterocycles. The third-order valence-corrected chi connectivity index (χ3v) is 6.09. The molecule has 198 valence electrons. The van der Waals surface area contributed by atoms with E-state index in [9.17, 15) is 22.8 Å². The summed E-state index contributed by atoms with van der Waals surface area (Å²) in [4.78, 5) is 43.1. The van der Waals surface area contributed by atoms with Crippen molar-refractivity contribution in [2.45, 2.75) is 26.9 Å². The number of aromatic amines is 1. The van der Waals surface area contributed by atoms with Crippen molar-refractivity contribution in [3.63, 3.8) is 0 Å². The van der Waals surface area contributed by atoms with Crippen LogP contribution in [0.4, 0.5) is 13.2 Å². The number of pyridine rings is 2. The van der Waals surface area contributed by atoms with Gasteiger partial charge in [0.25, 0.3) is 5.91 Å². The van der Waals surface area contributed by atoms with E-state index in [-0.39, 0.29) is 39.4 Å². The zero-order valence-electron chi connectivity index (χ0n) is 21.2. The Labute approximate surface area is 217 Å². The standard InChI is InChI=1S/C27H27F3N6O2/c1-4-36(5-2)12-11-31-26(38)19-15-21(37)33-25-24(19)34-23(22(35-25)17-9-7-6-8-10-17)18-13-16(3)32-20(14-18)27(28,29)30/h6-10,13-15H,4-5,11-12H2,1-3H3,(H,31,38)(H,33,35,37). The van der Waals surface area contributed by atoms with E-state index < -0.39 is 23.3 Å². The van der Waals surface area contributed by atoms with Crippen LogP contribution < -0.4 is 10.9 Å². The quantitative estimate of drug-likeness (QED) is 0.353. The molecule has 11 heteroatoms. The summed E-state index contributed by atoms with van der Waals surface area (Å²) in [6, 6.07) is 12.3. The van der Waals surface area contributed by atoms with Gasteiger partial charge in [0.2, 0.25) is 5.56 Å². The topological polar surface area (TPSA) is 104 Å². The van der Waals surface area contributed by atoms with Crippen LogP contribution >= 0.6 is 0 Å². The maximum atomic E-state index is 13.6. The van der Waals surface area contributed by atoms with Crippen LogP contribution in [0.2, 0.25) is 0 Å². The maximum Gasteiger partial charge on any atom is 0.433 e. The second kappa shape index (κ2) is 11.1. The van der Waals surface area contributed by atoms with Gasteiger partial charge in [-0.05, 0) is 32.1 Å². The number of rotatable bonds is 8. The fourth-order valence-electron chi connectivity index (χ4n) is 4.15. The number of aryl methyl sites for hydroxylation is 1. The van der Waals surface area contributed by atoms with E-state index in [2.05, 4.69) is 30.2 Å². The van der Waals surface area contributed by atoms with Crippen molar-refractivity contribution in [2.75, 3.05) is 26.2 Å². The molecule has 0 saturated carbocycles. The Bertz CT molecular complexity index is 1520. The van der Waals surface area contributed by atoms with Crippen molar-refractivity contribution in [2.24, 2.45) is 0 Å². The second-order valence-corrected chi connectivity index (χ2v) is 8.69. The molecular weight excluding hydrogens is 497 g/mol. The molecule has 0 aliphatic rings. The van der Waals surface area contributed by atoms with Crippen molar-refractivity contribution in [3.05, 3.63) is 75.8 Å². The zero-order valence-corrected chi connectivity index (χ0v) is 21.2. The second-order valence-electron chi connectivity index (χ2n) is 8.69. The summed E-state index contributed by atoms with van der Waals surface area (Å²) in [7, 11) is 0. The first-order valence-corrected chi connectivity index (χ1v) is 12.2. The molecule has 0 unspecified atom stereocenters. The van der Waals surface area contributed by atoms with Gasteiger partial charge in [-0.15, -0.1) is 0 Å². The number of benzene rings is 1. The summed E-state index contributed by atoms with van der Waals surface area (Å²) in [5.41, 5.74) is -0.262. The predicted molar refractivity (Wildman–Crippen MR) is 139 cm³/mol. The summed E-state index contributed by atoms with van der Waals surface area (Å²) in [6.07, 6.45) is -4.67. The summed E-state index contributed by atoms with van der Waals surface area (Å²) >= 11 is 0. The number of nitrogens with one attached hydrogen (secondary N) is 2. The summed E-state index contributed by atoms with van der Waals surface area (Å²) < 4.78 is 40.8. The third-order valence-electron chi connectivity index (χ3n) is 6.09. The van der Waals surface area contributed by atoms with Crippen molar-refractivity contribution >= 4 is 17.1 Å². The molecule has 0 aliphatic carbocycles. The van der Waals surface area contributed by atoms with Crippen LogP contribution in [0, 0.1) is 6.92 Å². The number of fused-ring (bicyclic) bond motifs is 1. The number of halogens is 3. The molecule has 4 aromatic rings. The van der Waals surface area contributed by atoms with Gasteiger partial charge in [0.05, 0.1) is 17.0 Å². The lowest BCUT2D eigenvalue weighted by Crippen LogP contribution is -2.35. The number of amides is 1. The Balaban J connectivity index is 1.90. The molecular formula is C27H27F3N6O2. The molecule has 2 N–H and O–H groups in total. The van der Waals surface area contributed by atoms with E-state index in [4.69, 9.17) is 0 Å². The smallest absolute Gasteiger partial charge is 0.351 e. The molecule has 0 atom stereocenters. The summed E-state index contributed by atoms with van der Waals surface area (Å²) in [6.45, 7) is 8.10. The fourth-order valence-corrected chi connectivity index (χ4v) is 4.15. The van der Waals surface area contributed by atoms with Crippen LogP contribution in [0.15, 0.2) is 53.3 Å². The van der Waals surface area contributed by atoms with Gasteiger partial charge in [-0.2, -0.15) is 13.2 Å². The highest BCUT2D eigenvalue weighted by atomic mass is 19.4. The number of H-pyrrole nitrogens is 1. The zero-order chi connectivity index (χ0) is 27.4. The van der Waals surface area contributed by atoms with Crippen molar-refractivity contribution in [1.29, 1.82) is 0 Å². The lowest BCUT2D eigenvalue weighted by atomic mass is 10.0. The van der Waals surface area contributed by atoms with Crippen molar-refractivity contribution in [1.82, 2.24) is 30.2 Å². The van der Waals surface area contributed by atoms with Gasteiger partial charge in [0.1, 0.15) is 11.2 Å². The largest absolute Gasteiger partial charge is 0.433 e. The van der Waals surface area contributed by atoms with Gasteiger partial charge in [-0.1, -0.05) is 44.2 Å². The number of likely N-dealkylation sites (N-methyl/N-ethyl adjacent to an activating group) is 1. The van der Waals surface area contributed by atoms with Gasteiger partial charge in [0, 0.05) is 36.0 Å². The van der Waals surface area contributed by atoms with Crippen LogP contribution in [0.5, 0.6) is 0 Å². The third kappa shape index (κ3) is 5.88. The maximum absolute atomic E-state index is 13.6. The summed E-state index contributed by atoms with van der Waals surface area (Å²) in [5.74, 6) is -0.525. The van der Waals surface area contributed by atoms with Gasteiger partial charge in [0.15, 0.2) is 5.65 Å². The van der Waals surface area contributed by atoms with Crippen LogP contribution in [0.1, 0.15) is 35.6 Å². The first-order valence-electron chi connectivity index (χ1n) is 12.2. The average molecular weight is 525 g/mol. The minimum Gasteiger partial charge on any atom is -0.351 e. The first-order chi connectivity index (χ1) is 18.1. The molecule has 0 spiro atoms. The van der Waals surface area contributed by atoms with E-state index >= 15 is 0 Å². The molecule has 0 radical (unpaired) electrons. The predicted octanol–water partition coefficient (Wildman–Crippen LogP) is 4.45. The average Bonchev–Trinajstić information content (AvgIpc) is 2.89. The highest BCUT2D eigenvalue weighted by Gasteiger charge is 2.33. The molecule has 0 bridgehead atoms. The Morgan fingerprint density at radius 2 is 1.66 bits per heavy atom. The van der Waals surface area contributed by atoms with Crippen molar-refractivity contribution < 1.29 is 18.0 Å². The van der Waals surface area contributed by atoms with Gasteiger partial charge in [-0.25, -0.2) is 15.0 Å². The number of hydrogen-bond donors (Lipinski definition) is 2. The molecule has 38 heavy (non-hydrogen) atoms. The Hall–Kier alpha value is -4.12. The SMILES string of the molecule is CCN(CC)CCNC(=O)c1cc(=O)[nH]c2nc(-c3ccccc3)c(-c3cc(C)nc(C(F)(F)F)c3)nc12. The Morgan fingerprint density at radius 3 is 2.32 bits per heavy atom. The van der Waals surface area contributed by atoms with Crippen LogP contribution in [-0.2, 0) is 6.18 Å². The lowest BCUT2D eigenvalue weighted by molar-refractivity contribution is -0.141. The number of alkyl halides is 3. The highest BCUT2D eigenvalue weighted by Crippen LogP contribution is 2.35. The fraction of sp³-hybridized carbons (Fsp3) is 0.296. The van der Waals surface area contributed by atoms with Crippen LogP contribution in [0.25, 0.3) is 33.7 Å². The number of nitrogens with zero attached hydrogens (tertiary/aromatic N) is 4. The van der Waals surface area contributed by atoms with Crippen LogP contribution in [0.3, 0.4) is 0 Å². The molecule has 0 aliphatic heterocycles. The summed E-state index contributed by atoms with van der Waals surface area (Å²) in [5, 5.41) is 2.80. The van der Waals surface area contributed by atoms with E-state index in [1.807, 2.05) is 13.8 Å². The molecule has 0 saturated heterocycles. The monoisotopic (exact) mass is 524 g/mol. The minimum absolute atomic E-state index is 0.0153. The molecule has 1 aromatic carbocycles. The Kier molecular flexibility index (Phi) is 7.86. The van der Waals surface area contributed by atoms with Gasteiger partial charge >= 0.3 is 6.18 Å². The number of carbonyl (C=O) groups excluding carboxylic acids is 1. The van der Waals surface area contributed by atoms with E-state index in [0.29, 0.717) is 18.7 Å². The Morgan fingerprint density at radius 1 is 0.974 bits per heavy atom. The van der Waals surface area contributed by atoms with Crippen molar-refractivity contribution in [3.8, 4) is 22.5 Å². The molecule has 1 amide bonds. The minimum atomic E-state index is -4.67. The molecule has 3 heterocycles. The number of carbonyl (C=O) groups is 1. The molecule has 0 fully saturated rings.